The van der Waals surface area contributed by atoms with Crippen molar-refractivity contribution in [2.45, 2.75) is 0 Å². The van der Waals surface area contributed by atoms with Gasteiger partial charge >= 0.3 is 0 Å². The quantitative estimate of drug-likeness (QED) is 0.261. The molecule has 0 unspecified atom stereocenters. The van der Waals surface area contributed by atoms with E-state index in [4.69, 9.17) is 78.5 Å². The third-order valence-corrected chi connectivity index (χ3v) is 7.37. The summed E-state index contributed by atoms with van der Waals surface area (Å²) in [5.41, 5.74) is 3.54. The molecule has 0 saturated carbocycles. The van der Waals surface area contributed by atoms with Gasteiger partial charge in [-0.3, -0.25) is 0 Å². The molecule has 0 saturated heterocycles. The van der Waals surface area contributed by atoms with Crippen molar-refractivity contribution >= 4 is 181 Å². The highest BCUT2D eigenvalue weighted by atomic mass is 79.9. The van der Waals surface area contributed by atoms with Crippen LogP contribution in [0.3, 0.4) is 0 Å². The average molecular weight is 437 g/mol. The van der Waals surface area contributed by atoms with E-state index in [-0.39, 0.29) is 32.8 Å². The van der Waals surface area contributed by atoms with Crippen molar-refractivity contribution in [3.05, 3.63) is 10.5 Å². The predicted molar refractivity (Wildman–Crippen MR) is 146 cm³/mol. The Morgan fingerprint density at radius 1 is 0.500 bits per heavy atom. The summed E-state index contributed by atoms with van der Waals surface area (Å²) in [4.78, 5) is 0. The van der Waals surface area contributed by atoms with Gasteiger partial charge in [-0.1, -0.05) is 60.2 Å². The van der Waals surface area contributed by atoms with Gasteiger partial charge in [0, 0.05) is 13.9 Å². The Bertz CT molecular complexity index is 1410. The lowest BCUT2D eigenvalue weighted by molar-refractivity contribution is 1.81. The van der Waals surface area contributed by atoms with Crippen molar-refractivity contribution in [1.29, 1.82) is 0 Å². The van der Waals surface area contributed by atoms with E-state index >= 15 is 0 Å². The van der Waals surface area contributed by atoms with Gasteiger partial charge in [-0.05, 0) is 21.9 Å². The van der Waals surface area contributed by atoms with Crippen LogP contribution in [0.4, 0.5) is 0 Å². The van der Waals surface area contributed by atoms with Gasteiger partial charge in [0.25, 0.3) is 0 Å². The number of fused-ring (bicyclic) bond motifs is 3. The van der Waals surface area contributed by atoms with Crippen LogP contribution in [0.1, 0.15) is 0 Å². The molecule has 30 heavy (non-hydrogen) atoms. The van der Waals surface area contributed by atoms with Gasteiger partial charge in [-0.2, -0.15) is 0 Å². The van der Waals surface area contributed by atoms with E-state index in [0.29, 0.717) is 57.6 Å². The molecule has 0 aliphatic heterocycles. The van der Waals surface area contributed by atoms with E-state index in [0.717, 1.165) is 0 Å². The molecule has 1 aromatic heterocycles. The zero-order valence-corrected chi connectivity index (χ0v) is 18.0. The molecule has 0 atom stereocenters. The zero-order chi connectivity index (χ0) is 22.2. The number of rotatable bonds is 1. The Morgan fingerprint density at radius 2 is 1.00 bits per heavy atom. The van der Waals surface area contributed by atoms with Crippen LogP contribution in [0.5, 0.6) is 0 Å². The molecule has 0 fully saturated rings. The number of benzene rings is 3. The Hall–Kier alpha value is -0.991. The van der Waals surface area contributed by atoms with E-state index in [1.165, 1.54) is 11.3 Å². The number of hydrogen-bond acceptors (Lipinski definition) is 1. The second-order valence-corrected chi connectivity index (χ2v) is 8.75. The Balaban J connectivity index is 2.34. The zero-order valence-electron chi connectivity index (χ0n) is 15.6. The van der Waals surface area contributed by atoms with Crippen LogP contribution in [-0.4, -0.2) is 78.5 Å². The molecule has 12 heteroatoms. The van der Waals surface area contributed by atoms with Crippen molar-refractivity contribution in [1.82, 2.24) is 0 Å². The SMILES string of the molecule is [B]c1cc([B])c(-c2c([B])c([B])c([B])c3c2sc2c([B])c([B])c([B])c([B])c23)c([B])c1Br. The van der Waals surface area contributed by atoms with Crippen LogP contribution in [0.25, 0.3) is 31.3 Å². The third-order valence-electron chi connectivity index (χ3n) is 5.25. The molecular formula is C18HB10BrS. The second-order valence-electron chi connectivity index (χ2n) is 6.94. The summed E-state index contributed by atoms with van der Waals surface area (Å²) in [7, 11) is 62.3. The maximum Gasteiger partial charge on any atom is 0.116 e. The minimum atomic E-state index is 0.164. The molecule has 20 radical (unpaired) electrons. The summed E-state index contributed by atoms with van der Waals surface area (Å²) >= 11 is 4.69. The first-order valence-electron chi connectivity index (χ1n) is 8.56. The molecule has 0 aliphatic carbocycles. The fourth-order valence-corrected chi connectivity index (χ4v) is 5.32. The van der Waals surface area contributed by atoms with E-state index in [1.807, 2.05) is 0 Å². The van der Waals surface area contributed by atoms with Crippen LogP contribution in [0.2, 0.25) is 0 Å². The van der Waals surface area contributed by atoms with Crippen LogP contribution < -0.4 is 54.6 Å². The summed E-state index contributed by atoms with van der Waals surface area (Å²) < 4.78 is 1.75. The highest BCUT2D eigenvalue weighted by molar-refractivity contribution is 9.10. The largest absolute Gasteiger partial charge is 0.135 e. The maximum absolute atomic E-state index is 6.40. The fourth-order valence-electron chi connectivity index (χ4n) is 3.65. The molecule has 0 nitrogen and oxygen atoms in total. The lowest BCUT2D eigenvalue weighted by atomic mass is 9.63. The minimum absolute atomic E-state index is 0.164. The van der Waals surface area contributed by atoms with Crippen molar-refractivity contribution < 1.29 is 0 Å². The van der Waals surface area contributed by atoms with Gasteiger partial charge in [-0.15, -0.1) is 27.7 Å². The van der Waals surface area contributed by atoms with Crippen LogP contribution >= 0.6 is 27.3 Å². The standard InChI is InChI=1S/C18HB10BrS/c19-2-1-3(20)16(29)11(24)4(2)5-8(21)12(25)9(22)6-7-10(23)13(26)14(27)15(28)18(7)30-17(5)6/h1H. The topological polar surface area (TPSA) is 0 Å². The summed E-state index contributed by atoms with van der Waals surface area (Å²) in [6.45, 7) is 0. The van der Waals surface area contributed by atoms with Crippen LogP contribution in [0.15, 0.2) is 10.5 Å². The van der Waals surface area contributed by atoms with E-state index in [9.17, 15) is 0 Å². The van der Waals surface area contributed by atoms with Gasteiger partial charge in [0.1, 0.15) is 78.5 Å². The molecule has 0 aliphatic rings. The van der Waals surface area contributed by atoms with Gasteiger partial charge in [0.05, 0.1) is 0 Å². The summed E-state index contributed by atoms with van der Waals surface area (Å²) in [5, 5.41) is 1.11. The normalized spacial score (nSPS) is 11.5. The molecule has 0 N–H and O–H groups in total. The monoisotopic (exact) mass is 438 g/mol. The van der Waals surface area contributed by atoms with Gasteiger partial charge in [0.2, 0.25) is 0 Å². The molecular weight excluding hydrogens is 436 g/mol. The Kier molecular flexibility index (Phi) is 5.59. The van der Waals surface area contributed by atoms with Crippen LogP contribution in [0, 0.1) is 0 Å². The number of hydrogen-bond donors (Lipinski definition) is 0. The second kappa shape index (κ2) is 7.55. The minimum Gasteiger partial charge on any atom is -0.135 e. The fraction of sp³-hybridized carbons (Fsp3) is 0. The first-order chi connectivity index (χ1) is 14.0. The molecule has 0 amide bonds. The van der Waals surface area contributed by atoms with Crippen molar-refractivity contribution in [2.75, 3.05) is 0 Å². The average Bonchev–Trinajstić information content (AvgIpc) is 3.10. The predicted octanol–water partition coefficient (Wildman–Crippen LogP) is -5.58. The van der Waals surface area contributed by atoms with E-state index in [1.54, 1.807) is 6.07 Å². The van der Waals surface area contributed by atoms with Crippen LogP contribution in [-0.2, 0) is 0 Å². The lowest BCUT2D eigenvalue weighted by Gasteiger charge is -2.22. The number of halogens is 1. The molecule has 4 aromatic rings. The molecule has 116 valence electrons. The first kappa shape index (κ1) is 22.2. The summed E-state index contributed by atoms with van der Waals surface area (Å²) in [6, 6.07) is 1.58. The maximum atomic E-state index is 6.40. The molecule has 0 spiro atoms. The summed E-state index contributed by atoms with van der Waals surface area (Å²) in [6.07, 6.45) is 0. The molecule has 1 heterocycles. The van der Waals surface area contributed by atoms with Crippen molar-refractivity contribution in [3.63, 3.8) is 0 Å². The van der Waals surface area contributed by atoms with E-state index < -0.39 is 0 Å². The van der Waals surface area contributed by atoms with Gasteiger partial charge in [-0.25, -0.2) is 0 Å². The highest BCUT2D eigenvalue weighted by Crippen LogP contribution is 2.35. The summed E-state index contributed by atoms with van der Waals surface area (Å²) in [5.74, 6) is 0. The van der Waals surface area contributed by atoms with Crippen molar-refractivity contribution in [2.24, 2.45) is 0 Å². The van der Waals surface area contributed by atoms with Gasteiger partial charge < -0.3 is 0 Å². The molecule has 4 rings (SSSR count). The Morgan fingerprint density at radius 3 is 1.60 bits per heavy atom. The smallest absolute Gasteiger partial charge is 0.116 e. The number of thiophene rings is 1. The highest BCUT2D eigenvalue weighted by Gasteiger charge is 2.22. The molecule has 3 aromatic carbocycles. The van der Waals surface area contributed by atoms with Crippen molar-refractivity contribution in [3.8, 4) is 11.1 Å². The third kappa shape index (κ3) is 2.93. The van der Waals surface area contributed by atoms with Gasteiger partial charge in [0.15, 0.2) is 0 Å². The molecule has 0 bridgehead atoms. The van der Waals surface area contributed by atoms with E-state index in [2.05, 4.69) is 15.9 Å². The lowest BCUT2D eigenvalue weighted by Crippen LogP contribution is -2.47. The Labute approximate surface area is 201 Å². The first-order valence-corrected chi connectivity index (χ1v) is 10.2.